The van der Waals surface area contributed by atoms with Crippen molar-refractivity contribution in [1.82, 2.24) is 15.1 Å². The number of hydrogen-bond donors (Lipinski definition) is 1. The third-order valence-corrected chi connectivity index (χ3v) is 4.11. The number of benzene rings is 1. The number of amides is 1. The fourth-order valence-electron chi connectivity index (χ4n) is 2.60. The van der Waals surface area contributed by atoms with Crippen LogP contribution in [0.25, 0.3) is 0 Å². The molecule has 5 heteroatoms. The molecule has 1 fully saturated rings. The van der Waals surface area contributed by atoms with Gasteiger partial charge in [-0.3, -0.25) is 4.79 Å². The van der Waals surface area contributed by atoms with E-state index in [2.05, 4.69) is 22.2 Å². The van der Waals surface area contributed by atoms with Crippen molar-refractivity contribution in [3.63, 3.8) is 0 Å². The maximum atomic E-state index is 12.0. The molecular formula is C17H27N3O2. The first kappa shape index (κ1) is 16.8. The SMILES string of the molecule is COc1cccc(C(=O)NCCCCN2CCN(C)CC2)c1. The summed E-state index contributed by atoms with van der Waals surface area (Å²) in [5.41, 5.74) is 0.651. The van der Waals surface area contributed by atoms with Crippen LogP contribution in [0.1, 0.15) is 23.2 Å². The monoisotopic (exact) mass is 305 g/mol. The number of hydrogen-bond acceptors (Lipinski definition) is 4. The molecule has 0 bridgehead atoms. The fraction of sp³-hybridized carbons (Fsp3) is 0.588. The van der Waals surface area contributed by atoms with E-state index < -0.39 is 0 Å². The number of likely N-dealkylation sites (N-methyl/N-ethyl adjacent to an activating group) is 1. The van der Waals surface area contributed by atoms with Gasteiger partial charge in [0.15, 0.2) is 0 Å². The van der Waals surface area contributed by atoms with Crippen molar-refractivity contribution in [3.05, 3.63) is 29.8 Å². The van der Waals surface area contributed by atoms with Crippen LogP contribution in [0.2, 0.25) is 0 Å². The highest BCUT2D eigenvalue weighted by atomic mass is 16.5. The molecule has 0 aliphatic carbocycles. The van der Waals surface area contributed by atoms with E-state index in [4.69, 9.17) is 4.74 Å². The van der Waals surface area contributed by atoms with Crippen molar-refractivity contribution in [2.45, 2.75) is 12.8 Å². The lowest BCUT2D eigenvalue weighted by Gasteiger charge is -2.32. The standard InChI is InChI=1S/C17H27N3O2/c1-19-10-12-20(13-11-19)9-4-3-8-18-17(21)15-6-5-7-16(14-15)22-2/h5-7,14H,3-4,8-13H2,1-2H3,(H,18,21). The summed E-state index contributed by atoms with van der Waals surface area (Å²) in [6.45, 7) is 6.49. The predicted octanol–water partition coefficient (Wildman–Crippen LogP) is 1.45. The molecule has 1 N–H and O–H groups in total. The number of carbonyl (C=O) groups excluding carboxylic acids is 1. The summed E-state index contributed by atoms with van der Waals surface area (Å²) in [5, 5.41) is 2.97. The van der Waals surface area contributed by atoms with Gasteiger partial charge in [0.2, 0.25) is 0 Å². The molecule has 122 valence electrons. The van der Waals surface area contributed by atoms with Gasteiger partial charge in [0.25, 0.3) is 5.91 Å². The van der Waals surface area contributed by atoms with Crippen LogP contribution in [0.5, 0.6) is 5.75 Å². The molecule has 1 saturated heterocycles. The highest BCUT2D eigenvalue weighted by molar-refractivity contribution is 5.94. The van der Waals surface area contributed by atoms with Crippen molar-refractivity contribution in [1.29, 1.82) is 0 Å². The average molecular weight is 305 g/mol. The van der Waals surface area contributed by atoms with E-state index in [1.807, 2.05) is 18.2 Å². The smallest absolute Gasteiger partial charge is 0.251 e. The molecule has 22 heavy (non-hydrogen) atoms. The van der Waals surface area contributed by atoms with Crippen molar-refractivity contribution in [2.75, 3.05) is 53.4 Å². The largest absolute Gasteiger partial charge is 0.497 e. The van der Waals surface area contributed by atoms with E-state index in [-0.39, 0.29) is 5.91 Å². The molecule has 0 spiro atoms. The first-order chi connectivity index (χ1) is 10.7. The van der Waals surface area contributed by atoms with E-state index in [9.17, 15) is 4.79 Å². The van der Waals surface area contributed by atoms with Crippen LogP contribution < -0.4 is 10.1 Å². The van der Waals surface area contributed by atoms with Crippen LogP contribution >= 0.6 is 0 Å². The predicted molar refractivity (Wildman–Crippen MR) is 88.5 cm³/mol. The van der Waals surface area contributed by atoms with Gasteiger partial charge in [0, 0.05) is 38.3 Å². The second-order valence-corrected chi connectivity index (χ2v) is 5.84. The third-order valence-electron chi connectivity index (χ3n) is 4.11. The molecule has 0 unspecified atom stereocenters. The zero-order valence-electron chi connectivity index (χ0n) is 13.7. The Morgan fingerprint density at radius 1 is 1.23 bits per heavy atom. The van der Waals surface area contributed by atoms with Gasteiger partial charge < -0.3 is 19.9 Å². The summed E-state index contributed by atoms with van der Waals surface area (Å²) >= 11 is 0. The molecular weight excluding hydrogens is 278 g/mol. The van der Waals surface area contributed by atoms with Crippen molar-refractivity contribution < 1.29 is 9.53 Å². The Labute approximate surface area is 133 Å². The maximum Gasteiger partial charge on any atom is 0.251 e. The van der Waals surface area contributed by atoms with Crippen LogP contribution in [0, 0.1) is 0 Å². The van der Waals surface area contributed by atoms with E-state index in [0.717, 1.165) is 52.1 Å². The Morgan fingerprint density at radius 2 is 2.00 bits per heavy atom. The third kappa shape index (κ3) is 5.31. The van der Waals surface area contributed by atoms with Crippen LogP contribution in [0.4, 0.5) is 0 Å². The topological polar surface area (TPSA) is 44.8 Å². The number of rotatable bonds is 7. The Morgan fingerprint density at radius 3 is 2.73 bits per heavy atom. The van der Waals surface area contributed by atoms with Crippen molar-refractivity contribution >= 4 is 5.91 Å². The molecule has 2 rings (SSSR count). The fourth-order valence-corrected chi connectivity index (χ4v) is 2.60. The molecule has 1 aromatic carbocycles. The maximum absolute atomic E-state index is 12.0. The molecule has 5 nitrogen and oxygen atoms in total. The molecule has 0 saturated carbocycles. The summed E-state index contributed by atoms with van der Waals surface area (Å²) in [7, 11) is 3.78. The molecule has 1 aromatic rings. The summed E-state index contributed by atoms with van der Waals surface area (Å²) in [5.74, 6) is 0.682. The molecule has 0 atom stereocenters. The summed E-state index contributed by atoms with van der Waals surface area (Å²) < 4.78 is 5.13. The van der Waals surface area contributed by atoms with E-state index >= 15 is 0 Å². The van der Waals surface area contributed by atoms with E-state index in [0.29, 0.717) is 11.3 Å². The molecule has 0 radical (unpaired) electrons. The van der Waals surface area contributed by atoms with Crippen LogP contribution in [-0.4, -0.2) is 69.1 Å². The Hall–Kier alpha value is -1.59. The molecule has 1 aliphatic rings. The Balaban J connectivity index is 1.61. The minimum absolute atomic E-state index is 0.0292. The highest BCUT2D eigenvalue weighted by Crippen LogP contribution is 2.12. The van der Waals surface area contributed by atoms with E-state index in [1.165, 1.54) is 0 Å². The first-order valence-electron chi connectivity index (χ1n) is 8.02. The second kappa shape index (κ2) is 8.76. The number of ether oxygens (including phenoxy) is 1. The summed E-state index contributed by atoms with van der Waals surface area (Å²) in [6, 6.07) is 7.25. The lowest BCUT2D eigenvalue weighted by atomic mass is 10.2. The zero-order chi connectivity index (χ0) is 15.8. The highest BCUT2D eigenvalue weighted by Gasteiger charge is 2.12. The minimum Gasteiger partial charge on any atom is -0.497 e. The lowest BCUT2D eigenvalue weighted by Crippen LogP contribution is -2.44. The Kier molecular flexibility index (Phi) is 6.68. The van der Waals surface area contributed by atoms with Gasteiger partial charge in [-0.1, -0.05) is 6.07 Å². The number of methoxy groups -OCH3 is 1. The summed E-state index contributed by atoms with van der Waals surface area (Å²) in [4.78, 5) is 16.9. The van der Waals surface area contributed by atoms with Gasteiger partial charge in [-0.05, 0) is 44.6 Å². The minimum atomic E-state index is -0.0292. The molecule has 1 amide bonds. The van der Waals surface area contributed by atoms with Gasteiger partial charge in [0.1, 0.15) is 5.75 Å². The van der Waals surface area contributed by atoms with Gasteiger partial charge in [0.05, 0.1) is 7.11 Å². The number of piperazine rings is 1. The number of nitrogens with one attached hydrogen (secondary N) is 1. The number of carbonyl (C=O) groups is 1. The zero-order valence-corrected chi connectivity index (χ0v) is 13.7. The number of nitrogens with zero attached hydrogens (tertiary/aromatic N) is 2. The molecule has 0 aromatic heterocycles. The van der Waals surface area contributed by atoms with Crippen molar-refractivity contribution in [3.8, 4) is 5.75 Å². The Bertz CT molecular complexity index is 471. The van der Waals surface area contributed by atoms with Crippen LogP contribution in [0.15, 0.2) is 24.3 Å². The van der Waals surface area contributed by atoms with Gasteiger partial charge in [-0.25, -0.2) is 0 Å². The quantitative estimate of drug-likeness (QED) is 0.775. The normalized spacial score (nSPS) is 16.5. The van der Waals surface area contributed by atoms with E-state index in [1.54, 1.807) is 13.2 Å². The average Bonchev–Trinajstić information content (AvgIpc) is 2.56. The van der Waals surface area contributed by atoms with Crippen molar-refractivity contribution in [2.24, 2.45) is 0 Å². The van der Waals surface area contributed by atoms with Gasteiger partial charge in [-0.15, -0.1) is 0 Å². The number of unbranched alkanes of at least 4 members (excludes halogenated alkanes) is 1. The molecule has 1 aliphatic heterocycles. The van der Waals surface area contributed by atoms with Crippen LogP contribution in [-0.2, 0) is 0 Å². The molecule has 1 heterocycles. The van der Waals surface area contributed by atoms with Gasteiger partial charge in [-0.2, -0.15) is 0 Å². The lowest BCUT2D eigenvalue weighted by molar-refractivity contribution is 0.0951. The first-order valence-corrected chi connectivity index (χ1v) is 8.02. The second-order valence-electron chi connectivity index (χ2n) is 5.84. The summed E-state index contributed by atoms with van der Waals surface area (Å²) in [6.07, 6.45) is 2.14. The van der Waals surface area contributed by atoms with Crippen LogP contribution in [0.3, 0.4) is 0 Å². The van der Waals surface area contributed by atoms with Gasteiger partial charge >= 0.3 is 0 Å².